The van der Waals surface area contributed by atoms with Gasteiger partial charge in [0.05, 0.1) is 0 Å². The molecule has 0 spiro atoms. The van der Waals surface area contributed by atoms with Crippen LogP contribution in [-0.4, -0.2) is 73.5 Å². The van der Waals surface area contributed by atoms with E-state index in [4.69, 9.17) is 0 Å². The van der Waals surface area contributed by atoms with Crippen molar-refractivity contribution in [1.29, 1.82) is 0 Å². The maximum atomic E-state index is 2.83. The second kappa shape index (κ2) is 13.4. The van der Waals surface area contributed by atoms with Gasteiger partial charge in [-0.25, -0.2) is 0 Å². The quantitative estimate of drug-likeness (QED) is 0.360. The molecule has 2 rings (SSSR count). The molecular formula is C21H43NP2S. The Bertz CT molecular complexity index is 302. The molecular weight excluding hydrogens is 360 g/mol. The summed E-state index contributed by atoms with van der Waals surface area (Å²) in [7, 11) is 0.545. The van der Waals surface area contributed by atoms with Crippen LogP contribution < -0.4 is 0 Å². The van der Waals surface area contributed by atoms with Crippen LogP contribution in [0.3, 0.4) is 0 Å². The summed E-state index contributed by atoms with van der Waals surface area (Å²) < 4.78 is 0. The highest BCUT2D eigenvalue weighted by Crippen LogP contribution is 2.45. The Morgan fingerprint density at radius 1 is 0.720 bits per heavy atom. The molecule has 2 fully saturated rings. The number of thioether (sulfide) groups is 1. The third-order valence-corrected chi connectivity index (χ3v) is 12.5. The summed E-state index contributed by atoms with van der Waals surface area (Å²) in [5.74, 6) is 1.32. The zero-order valence-corrected chi connectivity index (χ0v) is 19.8. The molecule has 25 heavy (non-hydrogen) atoms. The van der Waals surface area contributed by atoms with E-state index in [1.54, 1.807) is 0 Å². The first-order chi connectivity index (χ1) is 12.2. The Morgan fingerprint density at radius 2 is 1.16 bits per heavy atom. The van der Waals surface area contributed by atoms with Gasteiger partial charge in [-0.3, -0.25) is 0 Å². The molecule has 0 radical (unpaired) electrons. The maximum Gasteiger partial charge on any atom is 0.00725 e. The second-order valence-electron chi connectivity index (χ2n) is 8.38. The highest BCUT2D eigenvalue weighted by molar-refractivity contribution is 7.98. The van der Waals surface area contributed by atoms with Crippen molar-refractivity contribution in [3.05, 3.63) is 0 Å². The van der Waals surface area contributed by atoms with Crippen molar-refractivity contribution in [2.24, 2.45) is 0 Å². The molecule has 0 aromatic rings. The van der Waals surface area contributed by atoms with Crippen molar-refractivity contribution in [1.82, 2.24) is 4.90 Å². The van der Waals surface area contributed by atoms with E-state index >= 15 is 0 Å². The van der Waals surface area contributed by atoms with Crippen LogP contribution >= 0.6 is 27.6 Å². The predicted octanol–water partition coefficient (Wildman–Crippen LogP) is 6.54. The molecule has 0 aromatic heterocycles. The number of hydrogen-bond acceptors (Lipinski definition) is 2. The van der Waals surface area contributed by atoms with Crippen LogP contribution in [0.5, 0.6) is 0 Å². The lowest BCUT2D eigenvalue weighted by atomic mass is 10.0. The number of nitrogens with zero attached hydrogens (tertiary/aromatic N) is 1. The third-order valence-electron chi connectivity index (χ3n) is 6.55. The summed E-state index contributed by atoms with van der Waals surface area (Å²) in [5, 5.41) is 0. The molecule has 0 N–H and O–H groups in total. The SMILES string of the molecule is CSCCN(CCP(C)C1CCCCC1)CCP(C)C1CCCCC1. The van der Waals surface area contributed by atoms with E-state index in [2.05, 4.69) is 24.5 Å². The molecule has 2 unspecified atom stereocenters. The van der Waals surface area contributed by atoms with Gasteiger partial charge in [0, 0.05) is 25.4 Å². The van der Waals surface area contributed by atoms with Gasteiger partial charge in [-0.15, -0.1) is 15.8 Å². The summed E-state index contributed by atoms with van der Waals surface area (Å²) >= 11 is 2.02. The summed E-state index contributed by atoms with van der Waals surface area (Å²) in [6.45, 7) is 9.29. The van der Waals surface area contributed by atoms with Gasteiger partial charge < -0.3 is 4.90 Å². The van der Waals surface area contributed by atoms with Crippen molar-refractivity contribution < 1.29 is 0 Å². The van der Waals surface area contributed by atoms with Gasteiger partial charge in [0.25, 0.3) is 0 Å². The first-order valence-electron chi connectivity index (χ1n) is 10.8. The lowest BCUT2D eigenvalue weighted by molar-refractivity contribution is 0.327. The monoisotopic (exact) mass is 403 g/mol. The van der Waals surface area contributed by atoms with Gasteiger partial charge in [-0.2, -0.15) is 11.8 Å². The minimum absolute atomic E-state index is 0.272. The third kappa shape index (κ3) is 8.81. The molecule has 1 nitrogen and oxygen atoms in total. The summed E-state index contributed by atoms with van der Waals surface area (Å²) in [6, 6.07) is 0. The summed E-state index contributed by atoms with van der Waals surface area (Å²) in [4.78, 5) is 2.83. The Kier molecular flexibility index (Phi) is 12.0. The fourth-order valence-electron chi connectivity index (χ4n) is 4.56. The highest BCUT2D eigenvalue weighted by Gasteiger charge is 2.22. The van der Waals surface area contributed by atoms with Crippen molar-refractivity contribution in [3.8, 4) is 0 Å². The van der Waals surface area contributed by atoms with E-state index in [9.17, 15) is 0 Å². The van der Waals surface area contributed by atoms with E-state index < -0.39 is 0 Å². The van der Waals surface area contributed by atoms with Crippen LogP contribution in [-0.2, 0) is 0 Å². The van der Waals surface area contributed by atoms with Crippen molar-refractivity contribution in [2.75, 3.05) is 57.3 Å². The molecule has 0 bridgehead atoms. The minimum atomic E-state index is 0.272. The van der Waals surface area contributed by atoms with E-state index in [1.165, 1.54) is 102 Å². The average molecular weight is 404 g/mol. The van der Waals surface area contributed by atoms with Gasteiger partial charge >= 0.3 is 0 Å². The van der Waals surface area contributed by atoms with Crippen molar-refractivity contribution in [2.45, 2.75) is 75.5 Å². The smallest absolute Gasteiger partial charge is 0.00725 e. The Hall–Kier alpha value is 1.17. The molecule has 2 saturated carbocycles. The predicted molar refractivity (Wildman–Crippen MR) is 124 cm³/mol. The normalized spacial score (nSPS) is 23.0. The minimum Gasteiger partial charge on any atom is -0.302 e. The van der Waals surface area contributed by atoms with Crippen LogP contribution in [0.25, 0.3) is 0 Å². The van der Waals surface area contributed by atoms with Crippen LogP contribution in [0.4, 0.5) is 0 Å². The van der Waals surface area contributed by atoms with Crippen LogP contribution in [0.2, 0.25) is 0 Å². The Balaban J connectivity index is 1.70. The van der Waals surface area contributed by atoms with Crippen LogP contribution in [0.1, 0.15) is 64.2 Å². The molecule has 2 atom stereocenters. The van der Waals surface area contributed by atoms with Crippen molar-refractivity contribution >= 4 is 27.6 Å². The lowest BCUT2D eigenvalue weighted by Crippen LogP contribution is -2.32. The van der Waals surface area contributed by atoms with Gasteiger partial charge in [0.2, 0.25) is 0 Å². The fraction of sp³-hybridized carbons (Fsp3) is 1.00. The molecule has 4 heteroatoms. The van der Waals surface area contributed by atoms with Crippen molar-refractivity contribution in [3.63, 3.8) is 0 Å². The standard InChI is InChI=1S/C21H43NP2S/c1-23(20-10-6-4-7-11-20)17-14-22(16-19-25-3)15-18-24(2)21-12-8-5-9-13-21/h20-21H,4-19H2,1-3H3. The summed E-state index contributed by atoms with van der Waals surface area (Å²) in [5.41, 5.74) is 2.19. The average Bonchev–Trinajstić information content (AvgIpc) is 2.68. The first-order valence-corrected chi connectivity index (χ1v) is 16.3. The second-order valence-corrected chi connectivity index (χ2v) is 14.7. The Labute approximate surface area is 165 Å². The van der Waals surface area contributed by atoms with Gasteiger partial charge in [-0.05, 0) is 68.9 Å². The molecule has 0 saturated heterocycles. The summed E-state index contributed by atoms with van der Waals surface area (Å²) in [6.07, 6.45) is 20.4. The molecule has 0 aliphatic heterocycles. The molecule has 0 amide bonds. The maximum absolute atomic E-state index is 2.83. The highest BCUT2D eigenvalue weighted by atomic mass is 32.2. The largest absolute Gasteiger partial charge is 0.302 e. The van der Waals surface area contributed by atoms with Gasteiger partial charge in [0.15, 0.2) is 0 Å². The number of hydrogen-bond donors (Lipinski definition) is 0. The molecule has 0 aromatic carbocycles. The zero-order valence-electron chi connectivity index (χ0n) is 17.2. The molecule has 0 heterocycles. The molecule has 2 aliphatic carbocycles. The fourth-order valence-corrected chi connectivity index (χ4v) is 9.42. The lowest BCUT2D eigenvalue weighted by Gasteiger charge is -2.32. The number of rotatable bonds is 11. The zero-order chi connectivity index (χ0) is 17.9. The van der Waals surface area contributed by atoms with Gasteiger partial charge in [-0.1, -0.05) is 38.5 Å². The topological polar surface area (TPSA) is 3.24 Å². The molecule has 2 aliphatic rings. The van der Waals surface area contributed by atoms with E-state index in [0.717, 1.165) is 11.3 Å². The first kappa shape index (κ1) is 22.5. The van der Waals surface area contributed by atoms with E-state index in [1.807, 2.05) is 11.8 Å². The molecule has 148 valence electrons. The van der Waals surface area contributed by atoms with E-state index in [-0.39, 0.29) is 15.8 Å². The Morgan fingerprint density at radius 3 is 1.56 bits per heavy atom. The van der Waals surface area contributed by atoms with E-state index in [0.29, 0.717) is 0 Å². The van der Waals surface area contributed by atoms with Gasteiger partial charge in [0.1, 0.15) is 0 Å². The van der Waals surface area contributed by atoms with Crippen LogP contribution in [0, 0.1) is 0 Å². The van der Waals surface area contributed by atoms with Crippen LogP contribution in [0.15, 0.2) is 0 Å².